The summed E-state index contributed by atoms with van der Waals surface area (Å²) in [6.45, 7) is 11.4. The van der Waals surface area contributed by atoms with Gasteiger partial charge in [0.15, 0.2) is 0 Å². The largest absolute Gasteiger partial charge is 0.422 e. The minimum absolute atomic E-state index is 0.000143. The van der Waals surface area contributed by atoms with Gasteiger partial charge >= 0.3 is 5.63 Å². The normalized spacial score (nSPS) is 16.9. The molecule has 222 valence electrons. The molecule has 2 aromatic heterocycles. The maximum absolute atomic E-state index is 14.5. The van der Waals surface area contributed by atoms with Gasteiger partial charge in [-0.1, -0.05) is 107 Å². The fourth-order valence-electron chi connectivity index (χ4n) is 7.96. The van der Waals surface area contributed by atoms with Crippen molar-refractivity contribution in [2.75, 3.05) is 18.0 Å². The molecule has 0 aliphatic carbocycles. The van der Waals surface area contributed by atoms with Crippen LogP contribution in [0.5, 0.6) is 0 Å². The molecule has 5 heteroatoms. The Kier molecular flexibility index (Phi) is 5.54. The molecule has 4 heterocycles. The van der Waals surface area contributed by atoms with E-state index in [2.05, 4.69) is 111 Å². The SMILES string of the molecule is CC1(C)CCN2CCC(C)(C)c3c2c1cc1c(-c2ccccc2)c(-c2nc4c5ccccc5c5ccccc5c4s2)c(=O)oc31. The van der Waals surface area contributed by atoms with E-state index in [4.69, 9.17) is 9.40 Å². The first kappa shape index (κ1) is 26.9. The Morgan fingerprint density at radius 1 is 0.733 bits per heavy atom. The lowest BCUT2D eigenvalue weighted by molar-refractivity contribution is 0.399. The molecule has 0 unspecified atom stereocenters. The molecule has 0 fully saturated rings. The second kappa shape index (κ2) is 9.27. The van der Waals surface area contributed by atoms with Crippen LogP contribution in [-0.2, 0) is 10.8 Å². The molecular formula is C40H34N2O2S. The number of benzene rings is 5. The van der Waals surface area contributed by atoms with Crippen LogP contribution in [0.4, 0.5) is 5.69 Å². The predicted molar refractivity (Wildman–Crippen MR) is 189 cm³/mol. The first-order valence-corrected chi connectivity index (χ1v) is 16.7. The number of fused-ring (bicyclic) bond motifs is 8. The first-order valence-electron chi connectivity index (χ1n) is 15.9. The molecule has 0 N–H and O–H groups in total. The number of rotatable bonds is 2. The highest BCUT2D eigenvalue weighted by Gasteiger charge is 2.42. The van der Waals surface area contributed by atoms with Gasteiger partial charge in [-0.3, -0.25) is 0 Å². The second-order valence-electron chi connectivity index (χ2n) is 14.1. The van der Waals surface area contributed by atoms with Crippen molar-refractivity contribution in [1.82, 2.24) is 4.98 Å². The summed E-state index contributed by atoms with van der Waals surface area (Å²) >= 11 is 1.60. The van der Waals surface area contributed by atoms with E-state index in [0.29, 0.717) is 10.6 Å². The third-order valence-electron chi connectivity index (χ3n) is 10.5. The molecule has 0 radical (unpaired) electrons. The number of nitrogens with zero attached hydrogens (tertiary/aromatic N) is 2. The summed E-state index contributed by atoms with van der Waals surface area (Å²) in [5.41, 5.74) is 7.48. The molecule has 7 aromatic rings. The van der Waals surface area contributed by atoms with Crippen molar-refractivity contribution in [1.29, 1.82) is 0 Å². The van der Waals surface area contributed by atoms with Gasteiger partial charge in [0.2, 0.25) is 0 Å². The lowest BCUT2D eigenvalue weighted by Crippen LogP contribution is -2.44. The van der Waals surface area contributed by atoms with E-state index in [1.807, 2.05) is 6.07 Å². The Morgan fingerprint density at radius 2 is 1.36 bits per heavy atom. The van der Waals surface area contributed by atoms with Gasteiger partial charge in [-0.05, 0) is 51.6 Å². The third-order valence-corrected chi connectivity index (χ3v) is 11.6. The summed E-state index contributed by atoms with van der Waals surface area (Å²) in [7, 11) is 0. The summed E-state index contributed by atoms with van der Waals surface area (Å²) in [4.78, 5) is 22.3. The number of hydrogen-bond donors (Lipinski definition) is 0. The number of aromatic nitrogens is 1. The first-order chi connectivity index (χ1) is 21.7. The summed E-state index contributed by atoms with van der Waals surface area (Å²) in [6.07, 6.45) is 2.11. The Hall–Kier alpha value is -4.48. The van der Waals surface area contributed by atoms with Crippen molar-refractivity contribution >= 4 is 59.8 Å². The van der Waals surface area contributed by atoms with Crippen LogP contribution in [0.2, 0.25) is 0 Å². The maximum Gasteiger partial charge on any atom is 0.347 e. The van der Waals surface area contributed by atoms with Crippen LogP contribution in [0.1, 0.15) is 51.7 Å². The van der Waals surface area contributed by atoms with Gasteiger partial charge in [0.1, 0.15) is 16.2 Å². The van der Waals surface area contributed by atoms with E-state index in [-0.39, 0.29) is 16.5 Å². The Morgan fingerprint density at radius 3 is 2.09 bits per heavy atom. The zero-order chi connectivity index (χ0) is 30.7. The van der Waals surface area contributed by atoms with Gasteiger partial charge in [0.25, 0.3) is 0 Å². The van der Waals surface area contributed by atoms with E-state index < -0.39 is 0 Å². The Bertz CT molecular complexity index is 2340. The van der Waals surface area contributed by atoms with Crippen LogP contribution in [0, 0.1) is 0 Å². The molecule has 0 spiro atoms. The minimum atomic E-state index is -0.326. The number of hydrogen-bond acceptors (Lipinski definition) is 5. The monoisotopic (exact) mass is 606 g/mol. The van der Waals surface area contributed by atoms with Gasteiger partial charge in [-0.15, -0.1) is 11.3 Å². The van der Waals surface area contributed by atoms with Crippen molar-refractivity contribution in [3.8, 4) is 21.7 Å². The van der Waals surface area contributed by atoms with Gasteiger partial charge in [-0.2, -0.15) is 0 Å². The third kappa shape index (κ3) is 3.77. The molecule has 0 saturated heterocycles. The molecule has 9 rings (SSSR count). The minimum Gasteiger partial charge on any atom is -0.422 e. The lowest BCUT2D eigenvalue weighted by atomic mass is 9.68. The van der Waals surface area contributed by atoms with Crippen molar-refractivity contribution in [3.63, 3.8) is 0 Å². The Balaban J connectivity index is 1.45. The van der Waals surface area contributed by atoms with E-state index in [0.717, 1.165) is 69.0 Å². The molecule has 4 nitrogen and oxygen atoms in total. The smallest absolute Gasteiger partial charge is 0.347 e. The maximum atomic E-state index is 14.5. The van der Waals surface area contributed by atoms with E-state index >= 15 is 0 Å². The quantitative estimate of drug-likeness (QED) is 0.145. The molecule has 5 aromatic carbocycles. The van der Waals surface area contributed by atoms with Crippen LogP contribution in [0.15, 0.2) is 94.1 Å². The second-order valence-corrected chi connectivity index (χ2v) is 15.1. The number of thiazole rings is 1. The highest BCUT2D eigenvalue weighted by molar-refractivity contribution is 7.22. The molecular weight excluding hydrogens is 573 g/mol. The van der Waals surface area contributed by atoms with Crippen LogP contribution >= 0.6 is 11.3 Å². The van der Waals surface area contributed by atoms with Crippen LogP contribution < -0.4 is 10.5 Å². The topological polar surface area (TPSA) is 46.3 Å². The molecule has 0 saturated carbocycles. The fraction of sp³-hybridized carbons (Fsp3) is 0.250. The predicted octanol–water partition coefficient (Wildman–Crippen LogP) is 10.2. The zero-order valence-electron chi connectivity index (χ0n) is 26.0. The van der Waals surface area contributed by atoms with Gasteiger partial charge in [0.05, 0.1) is 10.2 Å². The molecule has 2 aliphatic rings. The van der Waals surface area contributed by atoms with Crippen molar-refractivity contribution in [2.45, 2.75) is 51.4 Å². The summed E-state index contributed by atoms with van der Waals surface area (Å²) < 4.78 is 7.63. The molecule has 0 atom stereocenters. The fourth-order valence-corrected chi connectivity index (χ4v) is 9.11. The highest BCUT2D eigenvalue weighted by Crippen LogP contribution is 2.53. The Labute approximate surface area is 265 Å². The standard InChI is InChI=1S/C40H34N2O2S/c1-39(2)18-20-42-21-19-40(3,4)32-34(42)29(39)22-28-30(23-12-6-5-7-13-23)31(38(43)44-35(28)32)37-41-33-26-16-10-8-14-24(26)25-15-9-11-17-27(25)36(33)45-37/h5-17,22H,18-21H2,1-4H3. The van der Waals surface area contributed by atoms with Crippen molar-refractivity contribution < 1.29 is 4.42 Å². The van der Waals surface area contributed by atoms with Crippen LogP contribution in [0.25, 0.3) is 64.4 Å². The van der Waals surface area contributed by atoms with Crippen LogP contribution in [0.3, 0.4) is 0 Å². The highest BCUT2D eigenvalue weighted by atomic mass is 32.1. The summed E-state index contributed by atoms with van der Waals surface area (Å²) in [5, 5.41) is 6.33. The van der Waals surface area contributed by atoms with E-state index in [1.54, 1.807) is 11.3 Å². The molecule has 2 aliphatic heterocycles. The average molecular weight is 607 g/mol. The zero-order valence-corrected chi connectivity index (χ0v) is 26.8. The summed E-state index contributed by atoms with van der Waals surface area (Å²) in [5.74, 6) is 0. The van der Waals surface area contributed by atoms with Crippen molar-refractivity contribution in [3.05, 3.63) is 106 Å². The molecule has 0 amide bonds. The lowest BCUT2D eigenvalue weighted by Gasteiger charge is -2.48. The van der Waals surface area contributed by atoms with Crippen LogP contribution in [-0.4, -0.2) is 18.1 Å². The van der Waals surface area contributed by atoms with E-state index in [9.17, 15) is 4.79 Å². The van der Waals surface area contributed by atoms with Gasteiger partial charge in [-0.25, -0.2) is 9.78 Å². The van der Waals surface area contributed by atoms with Gasteiger partial charge in [0, 0.05) is 46.1 Å². The number of anilines is 1. The molecule has 0 bridgehead atoms. The summed E-state index contributed by atoms with van der Waals surface area (Å²) in [6, 6.07) is 29.7. The van der Waals surface area contributed by atoms with E-state index in [1.165, 1.54) is 27.6 Å². The average Bonchev–Trinajstić information content (AvgIpc) is 3.49. The van der Waals surface area contributed by atoms with Gasteiger partial charge < -0.3 is 9.32 Å². The van der Waals surface area contributed by atoms with Crippen molar-refractivity contribution in [2.24, 2.45) is 0 Å². The molecule has 45 heavy (non-hydrogen) atoms.